The number of aryl methyl sites for hydroxylation is 1. The normalized spacial score (nSPS) is 12.1. The van der Waals surface area contributed by atoms with Gasteiger partial charge in [0.05, 0.1) is 16.8 Å². The van der Waals surface area contributed by atoms with Crippen LogP contribution in [0.15, 0.2) is 71.5 Å². The summed E-state index contributed by atoms with van der Waals surface area (Å²) in [6.45, 7) is 0. The summed E-state index contributed by atoms with van der Waals surface area (Å²) in [4.78, 5) is 26.0. The van der Waals surface area contributed by atoms with Crippen molar-refractivity contribution in [1.82, 2.24) is 4.57 Å². The number of fused-ring (bicyclic) bond motifs is 2. The van der Waals surface area contributed by atoms with Gasteiger partial charge in [0.2, 0.25) is 0 Å². The Balaban J connectivity index is 1.92. The fraction of sp³-hybridized carbons (Fsp3) is 0.0435. The molecular weight excluding hydrogens is 352 g/mol. The minimum atomic E-state index is -0.485. The molecule has 0 saturated carbocycles. The molecular formula is C23H16N2O3. The maximum Gasteiger partial charge on any atom is 0.293 e. The largest absolute Gasteiger partial charge is 0.503 e. The van der Waals surface area contributed by atoms with Gasteiger partial charge < -0.3 is 15.0 Å². The Morgan fingerprint density at radius 2 is 1.50 bits per heavy atom. The molecule has 28 heavy (non-hydrogen) atoms. The molecule has 5 rings (SSSR count). The highest BCUT2D eigenvalue weighted by atomic mass is 16.3. The maximum absolute atomic E-state index is 13.4. The third kappa shape index (κ3) is 2.13. The zero-order chi connectivity index (χ0) is 19.4. The van der Waals surface area contributed by atoms with Gasteiger partial charge in [-0.1, -0.05) is 42.5 Å². The van der Waals surface area contributed by atoms with Gasteiger partial charge in [-0.2, -0.15) is 0 Å². The predicted octanol–water partition coefficient (Wildman–Crippen LogP) is 4.20. The summed E-state index contributed by atoms with van der Waals surface area (Å²) in [7, 11) is 1.60. The van der Waals surface area contributed by atoms with Crippen molar-refractivity contribution in [2.45, 2.75) is 0 Å². The molecule has 0 fully saturated rings. The van der Waals surface area contributed by atoms with Crippen molar-refractivity contribution in [3.05, 3.63) is 88.2 Å². The number of para-hydroxylation sites is 1. The highest BCUT2D eigenvalue weighted by molar-refractivity contribution is 6.28. The first-order valence-electron chi connectivity index (χ1n) is 8.92. The van der Waals surface area contributed by atoms with Gasteiger partial charge in [0.15, 0.2) is 11.5 Å². The number of pyridine rings is 1. The van der Waals surface area contributed by atoms with Crippen LogP contribution in [0.2, 0.25) is 0 Å². The Morgan fingerprint density at radius 1 is 0.821 bits per heavy atom. The van der Waals surface area contributed by atoms with Crippen LogP contribution < -0.4 is 10.9 Å². The van der Waals surface area contributed by atoms with Crippen LogP contribution in [0.4, 0.5) is 11.4 Å². The third-order valence-corrected chi connectivity index (χ3v) is 5.26. The van der Waals surface area contributed by atoms with E-state index in [-0.39, 0.29) is 11.5 Å². The van der Waals surface area contributed by atoms with E-state index in [0.29, 0.717) is 38.8 Å². The van der Waals surface area contributed by atoms with Crippen LogP contribution in [0.25, 0.3) is 22.0 Å². The van der Waals surface area contributed by atoms with Crippen LogP contribution in [0.1, 0.15) is 15.9 Å². The first-order chi connectivity index (χ1) is 13.6. The molecule has 0 unspecified atom stereocenters. The van der Waals surface area contributed by atoms with Crippen molar-refractivity contribution >= 4 is 28.1 Å². The smallest absolute Gasteiger partial charge is 0.293 e. The Bertz CT molecular complexity index is 1340. The first-order valence-corrected chi connectivity index (χ1v) is 8.92. The Morgan fingerprint density at radius 3 is 2.25 bits per heavy atom. The van der Waals surface area contributed by atoms with Gasteiger partial charge in [0, 0.05) is 29.2 Å². The van der Waals surface area contributed by atoms with Crippen LogP contribution in [0.3, 0.4) is 0 Å². The summed E-state index contributed by atoms with van der Waals surface area (Å²) in [6.07, 6.45) is 0. The Hall–Kier alpha value is -3.86. The van der Waals surface area contributed by atoms with Crippen molar-refractivity contribution < 1.29 is 9.90 Å². The number of hydrogen-bond acceptors (Lipinski definition) is 4. The molecule has 0 radical (unpaired) electrons. The summed E-state index contributed by atoms with van der Waals surface area (Å²) in [5.74, 6) is -0.474. The number of rotatable bonds is 2. The van der Waals surface area contributed by atoms with Crippen LogP contribution in [0, 0.1) is 0 Å². The quantitative estimate of drug-likeness (QED) is 0.490. The first kappa shape index (κ1) is 16.3. The molecule has 3 aromatic carbocycles. The number of nitrogens with zero attached hydrogens (tertiary/aromatic N) is 1. The number of carbonyl (C=O) groups excluding carboxylic acids is 1. The van der Waals surface area contributed by atoms with Crippen LogP contribution in [-0.4, -0.2) is 15.5 Å². The molecule has 0 spiro atoms. The molecule has 1 heterocycles. The van der Waals surface area contributed by atoms with Gasteiger partial charge in [-0.3, -0.25) is 9.59 Å². The molecule has 5 nitrogen and oxygen atoms in total. The van der Waals surface area contributed by atoms with Gasteiger partial charge in [-0.15, -0.1) is 0 Å². The number of benzene rings is 3. The zero-order valence-corrected chi connectivity index (χ0v) is 15.1. The van der Waals surface area contributed by atoms with Gasteiger partial charge >= 0.3 is 0 Å². The number of hydrogen-bond donors (Lipinski definition) is 2. The number of ketones is 1. The maximum atomic E-state index is 13.4. The van der Waals surface area contributed by atoms with E-state index in [2.05, 4.69) is 5.32 Å². The second kappa shape index (κ2) is 5.82. The minimum Gasteiger partial charge on any atom is -0.503 e. The molecule has 0 amide bonds. The summed E-state index contributed by atoms with van der Waals surface area (Å²) < 4.78 is 1.38. The summed E-state index contributed by atoms with van der Waals surface area (Å²) >= 11 is 0. The van der Waals surface area contributed by atoms with E-state index in [1.807, 2.05) is 30.3 Å². The van der Waals surface area contributed by atoms with Gasteiger partial charge in [-0.05, 0) is 29.8 Å². The van der Waals surface area contributed by atoms with Crippen LogP contribution in [0.5, 0.6) is 5.75 Å². The molecule has 136 valence electrons. The molecule has 1 aliphatic carbocycles. The monoisotopic (exact) mass is 368 g/mol. The average Bonchev–Trinajstić information content (AvgIpc) is 2.72. The fourth-order valence-corrected chi connectivity index (χ4v) is 3.93. The zero-order valence-electron chi connectivity index (χ0n) is 15.1. The number of anilines is 2. The van der Waals surface area contributed by atoms with E-state index in [4.69, 9.17) is 0 Å². The topological polar surface area (TPSA) is 71.3 Å². The van der Waals surface area contributed by atoms with Crippen molar-refractivity contribution in [3.63, 3.8) is 0 Å². The molecule has 0 bridgehead atoms. The lowest BCUT2D eigenvalue weighted by atomic mass is 9.82. The lowest BCUT2D eigenvalue weighted by Gasteiger charge is -2.24. The minimum absolute atomic E-state index is 0.134. The average molecular weight is 368 g/mol. The molecule has 4 aromatic rings. The summed E-state index contributed by atoms with van der Waals surface area (Å²) in [5, 5.41) is 14.6. The lowest BCUT2D eigenvalue weighted by Crippen LogP contribution is -2.21. The molecule has 5 heteroatoms. The van der Waals surface area contributed by atoms with Crippen LogP contribution in [-0.2, 0) is 7.05 Å². The van der Waals surface area contributed by atoms with E-state index in [9.17, 15) is 14.7 Å². The number of nitrogens with one attached hydrogen (secondary N) is 1. The number of carbonyl (C=O) groups is 1. The molecule has 1 aliphatic rings. The third-order valence-electron chi connectivity index (χ3n) is 5.26. The number of aromatic nitrogens is 1. The second-order valence-corrected chi connectivity index (χ2v) is 6.84. The molecule has 2 N–H and O–H groups in total. The van der Waals surface area contributed by atoms with Crippen LogP contribution >= 0.6 is 0 Å². The van der Waals surface area contributed by atoms with E-state index in [1.54, 1.807) is 43.4 Å². The van der Waals surface area contributed by atoms with E-state index >= 15 is 0 Å². The van der Waals surface area contributed by atoms with Crippen molar-refractivity contribution in [2.24, 2.45) is 7.05 Å². The standard InChI is InChI=1S/C23H16N2O3/c1-25-17-12-11-16(24-13-7-3-2-4-8-13)19-20(17)18(22(27)23(25)28)14-9-5-6-10-15(14)21(19)26/h2-12,24,27H,1H3. The second-order valence-electron chi connectivity index (χ2n) is 6.84. The van der Waals surface area contributed by atoms with Gasteiger partial charge in [0.25, 0.3) is 5.56 Å². The Kier molecular flexibility index (Phi) is 3.39. The van der Waals surface area contributed by atoms with E-state index in [1.165, 1.54) is 4.57 Å². The predicted molar refractivity (Wildman–Crippen MR) is 109 cm³/mol. The molecule has 0 saturated heterocycles. The van der Waals surface area contributed by atoms with Gasteiger partial charge in [-0.25, -0.2) is 0 Å². The highest BCUT2D eigenvalue weighted by Crippen LogP contribution is 2.45. The van der Waals surface area contributed by atoms with Gasteiger partial charge in [0.1, 0.15) is 0 Å². The summed E-state index contributed by atoms with van der Waals surface area (Å²) in [5.41, 5.74) is 3.54. The van der Waals surface area contributed by atoms with Crippen molar-refractivity contribution in [1.29, 1.82) is 0 Å². The SMILES string of the molecule is Cn1c(=O)c(O)c2c3c(c(Nc4ccccc4)ccc31)C(=O)c1ccccc1-2. The number of aromatic hydroxyl groups is 1. The fourth-order valence-electron chi connectivity index (χ4n) is 3.93. The van der Waals surface area contributed by atoms with Crippen molar-refractivity contribution in [2.75, 3.05) is 5.32 Å². The molecule has 0 aliphatic heterocycles. The molecule has 0 atom stereocenters. The Labute approximate surface area is 160 Å². The van der Waals surface area contributed by atoms with E-state index in [0.717, 1.165) is 5.69 Å². The van der Waals surface area contributed by atoms with E-state index < -0.39 is 5.56 Å². The van der Waals surface area contributed by atoms with Crippen molar-refractivity contribution in [3.8, 4) is 16.9 Å². The molecule has 1 aromatic heterocycles. The summed E-state index contributed by atoms with van der Waals surface area (Å²) in [6, 6.07) is 20.2. The highest BCUT2D eigenvalue weighted by Gasteiger charge is 2.31. The lowest BCUT2D eigenvalue weighted by molar-refractivity contribution is 0.104.